The quantitative estimate of drug-likeness (QED) is 0.648. The summed E-state index contributed by atoms with van der Waals surface area (Å²) in [6.45, 7) is 1.47. The van der Waals surface area contributed by atoms with Crippen LogP contribution in [0.2, 0.25) is 0 Å². The molecule has 1 N–H and O–H groups in total. The van der Waals surface area contributed by atoms with E-state index in [-0.39, 0.29) is 12.1 Å². The Morgan fingerprint density at radius 3 is 2.12 bits per heavy atom. The van der Waals surface area contributed by atoms with Gasteiger partial charge in [-0.1, -0.05) is 0 Å². The molecule has 1 amide bonds. The average Bonchev–Trinajstić information content (AvgIpc) is 2.78. The Balaban J connectivity index is 1.87. The lowest BCUT2D eigenvalue weighted by atomic mass is 10.1. The maximum Gasteiger partial charge on any atom is 0.416 e. The molecule has 1 fully saturated rings. The van der Waals surface area contributed by atoms with Gasteiger partial charge in [-0.05, 0) is 55.2 Å². The van der Waals surface area contributed by atoms with E-state index in [4.69, 9.17) is 14.2 Å². The lowest BCUT2D eigenvalue weighted by Crippen LogP contribution is -2.30. The van der Waals surface area contributed by atoms with Crippen LogP contribution in [0.3, 0.4) is 0 Å². The minimum Gasteiger partial charge on any atom is -0.493 e. The summed E-state index contributed by atoms with van der Waals surface area (Å²) in [5.41, 5.74) is 0.514. The van der Waals surface area contributed by atoms with Gasteiger partial charge in [0.05, 0.1) is 44.7 Å². The Bertz CT molecular complexity index is 932. The predicted octanol–water partition coefficient (Wildman–Crippen LogP) is 4.90. The van der Waals surface area contributed by atoms with Gasteiger partial charge in [-0.15, -0.1) is 0 Å². The Hall–Kier alpha value is -3.10. The van der Waals surface area contributed by atoms with Crippen LogP contribution in [0.25, 0.3) is 0 Å². The highest BCUT2D eigenvalue weighted by Crippen LogP contribution is 2.39. The van der Waals surface area contributed by atoms with Crippen molar-refractivity contribution in [2.45, 2.75) is 31.9 Å². The summed E-state index contributed by atoms with van der Waals surface area (Å²) < 4.78 is 55.8. The summed E-state index contributed by atoms with van der Waals surface area (Å²) >= 11 is 0. The highest BCUT2D eigenvalue weighted by molar-refractivity contribution is 5.96. The minimum atomic E-state index is -4.50. The second-order valence-corrected chi connectivity index (χ2v) is 7.54. The maximum absolute atomic E-state index is 13.3. The number of methoxy groups -OCH3 is 3. The molecule has 2 aromatic carbocycles. The van der Waals surface area contributed by atoms with Crippen LogP contribution < -0.4 is 24.4 Å². The van der Waals surface area contributed by atoms with Gasteiger partial charge in [0.2, 0.25) is 11.7 Å². The monoisotopic (exact) mass is 452 g/mol. The van der Waals surface area contributed by atoms with E-state index < -0.39 is 17.6 Å². The first kappa shape index (κ1) is 23.6. The molecule has 1 aliphatic rings. The van der Waals surface area contributed by atoms with Crippen molar-refractivity contribution in [3.8, 4) is 17.2 Å². The standard InChI is InChI=1S/C23H27F3N2O4/c1-30-19-11-15(12-20(31-2)22(19)32-3)13-21(29)27-17-14-16(23(24,25)26)7-8-18(17)28-9-5-4-6-10-28/h7-8,11-12,14H,4-6,9-10,13H2,1-3H3,(H,27,29). The Kier molecular flexibility index (Phi) is 7.37. The molecule has 174 valence electrons. The molecule has 0 aromatic heterocycles. The van der Waals surface area contributed by atoms with Gasteiger partial charge in [0.25, 0.3) is 0 Å². The summed E-state index contributed by atoms with van der Waals surface area (Å²) in [7, 11) is 4.41. The van der Waals surface area contributed by atoms with E-state index in [0.717, 1.165) is 44.5 Å². The summed E-state index contributed by atoms with van der Waals surface area (Å²) in [5.74, 6) is 0.728. The van der Waals surface area contributed by atoms with E-state index >= 15 is 0 Å². The number of benzene rings is 2. The number of nitrogens with zero attached hydrogens (tertiary/aromatic N) is 1. The van der Waals surface area contributed by atoms with Gasteiger partial charge < -0.3 is 24.4 Å². The molecule has 6 nitrogen and oxygen atoms in total. The number of anilines is 2. The van der Waals surface area contributed by atoms with Gasteiger partial charge in [0.15, 0.2) is 11.5 Å². The number of rotatable bonds is 7. The molecule has 0 saturated carbocycles. The zero-order chi connectivity index (χ0) is 23.3. The summed E-state index contributed by atoms with van der Waals surface area (Å²) in [6.07, 6.45) is -1.58. The summed E-state index contributed by atoms with van der Waals surface area (Å²) in [5, 5.41) is 2.68. The molecular weight excluding hydrogens is 425 g/mol. The highest BCUT2D eigenvalue weighted by atomic mass is 19.4. The first-order chi connectivity index (χ1) is 15.3. The Labute approximate surface area is 185 Å². The van der Waals surface area contributed by atoms with E-state index in [1.807, 2.05) is 4.90 Å². The largest absolute Gasteiger partial charge is 0.493 e. The molecule has 0 radical (unpaired) electrons. The lowest BCUT2D eigenvalue weighted by Gasteiger charge is -2.31. The number of halogens is 3. The van der Waals surface area contributed by atoms with E-state index in [9.17, 15) is 18.0 Å². The number of carbonyl (C=O) groups excluding carboxylic acids is 1. The molecule has 1 saturated heterocycles. The van der Waals surface area contributed by atoms with Crippen LogP contribution in [0.1, 0.15) is 30.4 Å². The van der Waals surface area contributed by atoms with Gasteiger partial charge in [-0.3, -0.25) is 4.79 Å². The Morgan fingerprint density at radius 1 is 0.969 bits per heavy atom. The molecule has 0 aliphatic carbocycles. The first-order valence-electron chi connectivity index (χ1n) is 10.3. The van der Waals surface area contributed by atoms with Crippen molar-refractivity contribution in [1.29, 1.82) is 0 Å². The van der Waals surface area contributed by atoms with Crippen LogP contribution in [0, 0.1) is 0 Å². The number of amides is 1. The number of hydrogen-bond donors (Lipinski definition) is 1. The molecule has 1 heterocycles. The smallest absolute Gasteiger partial charge is 0.416 e. The zero-order valence-electron chi connectivity index (χ0n) is 18.3. The van der Waals surface area contributed by atoms with Crippen LogP contribution in [0.15, 0.2) is 30.3 Å². The van der Waals surface area contributed by atoms with Crippen LogP contribution in [0.5, 0.6) is 17.2 Å². The molecule has 0 spiro atoms. The van der Waals surface area contributed by atoms with Gasteiger partial charge in [0.1, 0.15) is 0 Å². The average molecular weight is 452 g/mol. The molecule has 32 heavy (non-hydrogen) atoms. The number of alkyl halides is 3. The van der Waals surface area contributed by atoms with E-state index in [0.29, 0.717) is 28.5 Å². The molecule has 2 aromatic rings. The lowest BCUT2D eigenvalue weighted by molar-refractivity contribution is -0.137. The molecular formula is C23H27F3N2O4. The Morgan fingerprint density at radius 2 is 1.59 bits per heavy atom. The molecule has 9 heteroatoms. The number of hydrogen-bond acceptors (Lipinski definition) is 5. The second kappa shape index (κ2) is 10.0. The fourth-order valence-electron chi connectivity index (χ4n) is 3.84. The van der Waals surface area contributed by atoms with Gasteiger partial charge >= 0.3 is 6.18 Å². The highest BCUT2D eigenvalue weighted by Gasteiger charge is 2.32. The number of piperidine rings is 1. The third kappa shape index (κ3) is 5.38. The topological polar surface area (TPSA) is 60.0 Å². The van der Waals surface area contributed by atoms with Crippen molar-refractivity contribution < 1.29 is 32.2 Å². The van der Waals surface area contributed by atoms with Gasteiger partial charge in [-0.25, -0.2) is 0 Å². The number of nitrogens with one attached hydrogen (secondary N) is 1. The second-order valence-electron chi connectivity index (χ2n) is 7.54. The van der Waals surface area contributed by atoms with Crippen molar-refractivity contribution in [3.63, 3.8) is 0 Å². The van der Waals surface area contributed by atoms with E-state index in [1.54, 1.807) is 12.1 Å². The fourth-order valence-corrected chi connectivity index (χ4v) is 3.84. The van der Waals surface area contributed by atoms with Gasteiger partial charge in [0, 0.05) is 13.1 Å². The van der Waals surface area contributed by atoms with E-state index in [1.165, 1.54) is 27.4 Å². The zero-order valence-corrected chi connectivity index (χ0v) is 18.3. The summed E-state index contributed by atoms with van der Waals surface area (Å²) in [6, 6.07) is 6.76. The van der Waals surface area contributed by atoms with Gasteiger partial charge in [-0.2, -0.15) is 13.2 Å². The van der Waals surface area contributed by atoms with Crippen molar-refractivity contribution >= 4 is 17.3 Å². The van der Waals surface area contributed by atoms with Crippen LogP contribution in [-0.2, 0) is 17.4 Å². The third-order valence-corrected chi connectivity index (χ3v) is 5.38. The normalized spacial score (nSPS) is 14.1. The fraction of sp³-hybridized carbons (Fsp3) is 0.435. The maximum atomic E-state index is 13.3. The van der Waals surface area contributed by atoms with Crippen molar-refractivity contribution in [2.24, 2.45) is 0 Å². The van der Waals surface area contributed by atoms with Crippen LogP contribution in [0.4, 0.5) is 24.5 Å². The first-order valence-corrected chi connectivity index (χ1v) is 10.3. The number of ether oxygens (including phenoxy) is 3. The summed E-state index contributed by atoms with van der Waals surface area (Å²) in [4.78, 5) is 14.8. The number of carbonyl (C=O) groups is 1. The molecule has 3 rings (SSSR count). The SMILES string of the molecule is COc1cc(CC(=O)Nc2cc(C(F)(F)F)ccc2N2CCCCC2)cc(OC)c1OC. The van der Waals surface area contributed by atoms with Crippen LogP contribution >= 0.6 is 0 Å². The third-order valence-electron chi connectivity index (χ3n) is 5.38. The minimum absolute atomic E-state index is 0.0770. The molecule has 0 unspecified atom stereocenters. The van der Waals surface area contributed by atoms with Crippen molar-refractivity contribution in [1.82, 2.24) is 0 Å². The predicted molar refractivity (Wildman–Crippen MR) is 116 cm³/mol. The molecule has 0 bridgehead atoms. The molecule has 0 atom stereocenters. The van der Waals surface area contributed by atoms with E-state index in [2.05, 4.69) is 5.32 Å². The van der Waals surface area contributed by atoms with Crippen molar-refractivity contribution in [3.05, 3.63) is 41.5 Å². The van der Waals surface area contributed by atoms with Crippen LogP contribution in [-0.4, -0.2) is 40.3 Å². The van der Waals surface area contributed by atoms with Crippen molar-refractivity contribution in [2.75, 3.05) is 44.6 Å². The molecule has 1 aliphatic heterocycles.